The van der Waals surface area contributed by atoms with Gasteiger partial charge in [0.25, 0.3) is 0 Å². The van der Waals surface area contributed by atoms with Crippen molar-refractivity contribution in [3.05, 3.63) is 82.9 Å². The predicted molar refractivity (Wildman–Crippen MR) is 113 cm³/mol. The Morgan fingerprint density at radius 2 is 1.28 bits per heavy atom. The van der Waals surface area contributed by atoms with Gasteiger partial charge in [-0.15, -0.1) is 0 Å². The summed E-state index contributed by atoms with van der Waals surface area (Å²) in [5.41, 5.74) is 5.55. The Balaban J connectivity index is 0.000000258. The molecule has 1 fully saturated rings. The highest BCUT2D eigenvalue weighted by atomic mass is 16.4. The summed E-state index contributed by atoms with van der Waals surface area (Å²) < 4.78 is 0. The van der Waals surface area contributed by atoms with Crippen molar-refractivity contribution in [3.8, 4) is 0 Å². The number of nitrogens with one attached hydrogen (secondary N) is 1. The Labute approximate surface area is 169 Å². The van der Waals surface area contributed by atoms with Crippen molar-refractivity contribution in [1.29, 1.82) is 0 Å². The van der Waals surface area contributed by atoms with Crippen molar-refractivity contribution in [2.24, 2.45) is 0 Å². The predicted octanol–water partition coefficient (Wildman–Crippen LogP) is 2.88. The smallest absolute Gasteiger partial charge is 0.328 e. The van der Waals surface area contributed by atoms with E-state index in [0.29, 0.717) is 18.2 Å². The van der Waals surface area contributed by atoms with E-state index in [0.717, 1.165) is 26.2 Å². The Hall–Kier alpha value is -3.22. The van der Waals surface area contributed by atoms with Gasteiger partial charge < -0.3 is 15.5 Å². The molecule has 0 spiro atoms. The largest absolute Gasteiger partial charge is 0.478 e. The summed E-state index contributed by atoms with van der Waals surface area (Å²) in [5, 5.41) is 19.1. The molecule has 1 aliphatic carbocycles. The first-order valence-corrected chi connectivity index (χ1v) is 9.51. The third-order valence-corrected chi connectivity index (χ3v) is 4.91. The number of benzene rings is 2. The van der Waals surface area contributed by atoms with E-state index in [1.54, 1.807) is 0 Å². The molecule has 2 aliphatic rings. The number of piperazine rings is 1. The van der Waals surface area contributed by atoms with Gasteiger partial charge in [0.15, 0.2) is 0 Å². The molecular formula is C23H24N2O4. The monoisotopic (exact) mass is 392 g/mol. The van der Waals surface area contributed by atoms with Gasteiger partial charge in [0.05, 0.1) is 6.04 Å². The van der Waals surface area contributed by atoms with E-state index in [-0.39, 0.29) is 0 Å². The minimum atomic E-state index is -1.26. The summed E-state index contributed by atoms with van der Waals surface area (Å²) in [5.74, 6) is -2.51. The van der Waals surface area contributed by atoms with Gasteiger partial charge in [-0.3, -0.25) is 4.90 Å². The molecule has 0 radical (unpaired) electrons. The quantitative estimate of drug-likeness (QED) is 0.696. The summed E-state index contributed by atoms with van der Waals surface area (Å²) in [4.78, 5) is 21.7. The van der Waals surface area contributed by atoms with Crippen LogP contribution in [0.2, 0.25) is 0 Å². The van der Waals surface area contributed by atoms with E-state index in [1.807, 2.05) is 0 Å². The zero-order valence-electron chi connectivity index (χ0n) is 16.0. The third kappa shape index (κ3) is 5.40. The van der Waals surface area contributed by atoms with Crippen LogP contribution in [0, 0.1) is 0 Å². The second kappa shape index (κ2) is 9.82. The molecule has 1 aliphatic heterocycles. The molecule has 2 aromatic carbocycles. The number of hydrogen-bond acceptors (Lipinski definition) is 4. The van der Waals surface area contributed by atoms with Gasteiger partial charge in [-0.2, -0.15) is 0 Å². The number of aliphatic carboxylic acids is 2. The van der Waals surface area contributed by atoms with Crippen LogP contribution in [-0.2, 0) is 9.59 Å². The van der Waals surface area contributed by atoms with E-state index in [2.05, 4.69) is 70.9 Å². The molecule has 0 atom stereocenters. The second-order valence-electron chi connectivity index (χ2n) is 6.79. The van der Waals surface area contributed by atoms with E-state index in [9.17, 15) is 9.59 Å². The van der Waals surface area contributed by atoms with Gasteiger partial charge in [0, 0.05) is 38.3 Å². The highest BCUT2D eigenvalue weighted by Crippen LogP contribution is 2.36. The summed E-state index contributed by atoms with van der Waals surface area (Å²) in [6.07, 6.45) is 5.64. The number of hydrogen-bond donors (Lipinski definition) is 3. The first-order valence-electron chi connectivity index (χ1n) is 9.51. The first kappa shape index (κ1) is 20.5. The van der Waals surface area contributed by atoms with Gasteiger partial charge in [-0.25, -0.2) is 9.59 Å². The van der Waals surface area contributed by atoms with Crippen molar-refractivity contribution in [3.63, 3.8) is 0 Å². The fraction of sp³-hybridized carbons (Fsp3) is 0.217. The van der Waals surface area contributed by atoms with Crippen LogP contribution in [0.25, 0.3) is 12.2 Å². The lowest BCUT2D eigenvalue weighted by Crippen LogP contribution is -2.45. The fourth-order valence-electron chi connectivity index (χ4n) is 3.65. The number of fused-ring (bicyclic) bond motifs is 2. The molecule has 150 valence electrons. The van der Waals surface area contributed by atoms with Gasteiger partial charge in [-0.05, 0) is 22.3 Å². The van der Waals surface area contributed by atoms with Crippen molar-refractivity contribution < 1.29 is 19.8 Å². The lowest BCUT2D eigenvalue weighted by atomic mass is 9.92. The maximum atomic E-state index is 9.55. The number of nitrogens with zero attached hydrogens (tertiary/aromatic N) is 1. The fourth-order valence-corrected chi connectivity index (χ4v) is 3.65. The lowest BCUT2D eigenvalue weighted by molar-refractivity contribution is -0.134. The van der Waals surface area contributed by atoms with Crippen molar-refractivity contribution in [1.82, 2.24) is 10.2 Å². The Kier molecular flexibility index (Phi) is 6.94. The molecule has 6 nitrogen and oxygen atoms in total. The number of carbonyl (C=O) groups is 2. The minimum absolute atomic E-state index is 0.370. The van der Waals surface area contributed by atoms with Crippen molar-refractivity contribution in [2.45, 2.75) is 6.04 Å². The molecular weight excluding hydrogens is 368 g/mol. The molecule has 0 aromatic heterocycles. The van der Waals surface area contributed by atoms with E-state index < -0.39 is 11.9 Å². The molecule has 0 unspecified atom stereocenters. The van der Waals surface area contributed by atoms with E-state index in [4.69, 9.17) is 10.2 Å². The Morgan fingerprint density at radius 3 is 1.72 bits per heavy atom. The zero-order valence-corrected chi connectivity index (χ0v) is 16.0. The van der Waals surface area contributed by atoms with Crippen LogP contribution in [0.15, 0.2) is 60.7 Å². The van der Waals surface area contributed by atoms with E-state index in [1.165, 1.54) is 22.3 Å². The minimum Gasteiger partial charge on any atom is -0.478 e. The SMILES string of the molecule is C1=Cc2ccccc2C(N2CCNCC2)c2ccccc21.O=C(O)C=CC(=O)O. The van der Waals surface area contributed by atoms with Gasteiger partial charge >= 0.3 is 11.9 Å². The Morgan fingerprint density at radius 1 is 0.828 bits per heavy atom. The molecule has 0 amide bonds. The standard InChI is InChI=1S/C19H20N2.C4H4O4/c1-3-7-17-15(5-1)9-10-16-6-2-4-8-18(16)19(17)21-13-11-20-12-14-21;5-3(6)1-2-4(7)8/h1-10,19-20H,11-14H2;1-2H,(H,5,6)(H,7,8). The molecule has 0 saturated carbocycles. The maximum Gasteiger partial charge on any atom is 0.328 e. The van der Waals surface area contributed by atoms with Crippen LogP contribution in [0.4, 0.5) is 0 Å². The molecule has 3 N–H and O–H groups in total. The first-order chi connectivity index (χ1) is 14.1. The number of rotatable bonds is 3. The zero-order chi connectivity index (χ0) is 20.6. The Bertz CT molecular complexity index is 864. The second-order valence-corrected chi connectivity index (χ2v) is 6.79. The molecule has 4 rings (SSSR count). The van der Waals surface area contributed by atoms with Gasteiger partial charge in [0.1, 0.15) is 0 Å². The maximum absolute atomic E-state index is 9.55. The van der Waals surface area contributed by atoms with Gasteiger partial charge in [-0.1, -0.05) is 60.7 Å². The highest BCUT2D eigenvalue weighted by molar-refractivity contribution is 5.89. The van der Waals surface area contributed by atoms with Crippen LogP contribution in [-0.4, -0.2) is 53.2 Å². The van der Waals surface area contributed by atoms with Crippen LogP contribution in [0.5, 0.6) is 0 Å². The average Bonchev–Trinajstić information content (AvgIpc) is 2.90. The number of carboxylic acid groups (broad SMARTS) is 2. The van der Waals surface area contributed by atoms with E-state index >= 15 is 0 Å². The molecule has 29 heavy (non-hydrogen) atoms. The van der Waals surface area contributed by atoms with Crippen LogP contribution in [0.3, 0.4) is 0 Å². The van der Waals surface area contributed by atoms with Gasteiger partial charge in [0.2, 0.25) is 0 Å². The topological polar surface area (TPSA) is 89.9 Å². The molecule has 1 saturated heterocycles. The molecule has 6 heteroatoms. The number of carboxylic acids is 2. The van der Waals surface area contributed by atoms with Crippen molar-refractivity contribution in [2.75, 3.05) is 26.2 Å². The summed E-state index contributed by atoms with van der Waals surface area (Å²) in [6, 6.07) is 18.0. The van der Waals surface area contributed by atoms with Crippen LogP contribution < -0.4 is 5.32 Å². The van der Waals surface area contributed by atoms with Crippen LogP contribution in [0.1, 0.15) is 28.3 Å². The molecule has 1 heterocycles. The van der Waals surface area contributed by atoms with Crippen LogP contribution >= 0.6 is 0 Å². The average molecular weight is 392 g/mol. The van der Waals surface area contributed by atoms with Crippen molar-refractivity contribution >= 4 is 24.1 Å². The molecule has 0 bridgehead atoms. The summed E-state index contributed by atoms with van der Waals surface area (Å²) in [7, 11) is 0. The highest BCUT2D eigenvalue weighted by Gasteiger charge is 2.27. The third-order valence-electron chi connectivity index (χ3n) is 4.91. The summed E-state index contributed by atoms with van der Waals surface area (Å²) in [6.45, 7) is 4.36. The molecule has 2 aromatic rings. The normalized spacial score (nSPS) is 16.3. The summed E-state index contributed by atoms with van der Waals surface area (Å²) >= 11 is 0. The lowest BCUT2D eigenvalue weighted by Gasteiger charge is -2.36.